The fourth-order valence-corrected chi connectivity index (χ4v) is 5.02. The fraction of sp³-hybridized carbons (Fsp3) is 0.320. The maximum absolute atomic E-state index is 14.7. The molecule has 3 aromatic rings. The third kappa shape index (κ3) is 4.32. The Morgan fingerprint density at radius 1 is 1.19 bits per heavy atom. The van der Waals surface area contributed by atoms with Gasteiger partial charge >= 0.3 is 0 Å². The molecule has 3 aliphatic rings. The molecule has 9 nitrogen and oxygen atoms in total. The molecule has 186 valence electrons. The largest absolute Gasteiger partial charge is 0.352 e. The Labute approximate surface area is 210 Å². The van der Waals surface area contributed by atoms with Crippen molar-refractivity contribution >= 4 is 51.7 Å². The normalized spacial score (nSPS) is 18.7. The molecule has 1 aromatic heterocycles. The van der Waals surface area contributed by atoms with E-state index in [2.05, 4.69) is 15.7 Å². The third-order valence-electron chi connectivity index (χ3n) is 6.55. The Morgan fingerprint density at radius 2 is 2.00 bits per heavy atom. The lowest BCUT2D eigenvalue weighted by Gasteiger charge is -2.24. The van der Waals surface area contributed by atoms with Crippen LogP contribution in [-0.4, -0.2) is 57.3 Å². The summed E-state index contributed by atoms with van der Waals surface area (Å²) in [5.74, 6) is -2.30. The molecule has 6 rings (SSSR count). The number of ketones is 1. The van der Waals surface area contributed by atoms with E-state index in [1.807, 2.05) is 0 Å². The fourth-order valence-electron chi connectivity index (χ4n) is 4.78. The van der Waals surface area contributed by atoms with E-state index >= 15 is 0 Å². The molecular formula is C25H23ClFN5O4. The third-order valence-corrected chi connectivity index (χ3v) is 6.83. The second-order valence-corrected chi connectivity index (χ2v) is 9.38. The second kappa shape index (κ2) is 9.34. The maximum Gasteiger partial charge on any atom is 0.251 e. The number of benzene rings is 2. The minimum absolute atomic E-state index is 0.0796. The summed E-state index contributed by atoms with van der Waals surface area (Å²) in [6, 6.07) is 6.98. The first kappa shape index (κ1) is 23.9. The number of hydrogen-bond donors (Lipinski definition) is 2. The first-order valence-corrected chi connectivity index (χ1v) is 12.0. The van der Waals surface area contributed by atoms with Crippen LogP contribution in [0, 0.1) is 5.82 Å². The van der Waals surface area contributed by atoms with E-state index in [0.29, 0.717) is 47.8 Å². The number of nitrogens with one attached hydrogen (secondary N) is 2. The lowest BCUT2D eigenvalue weighted by molar-refractivity contribution is -0.137. The van der Waals surface area contributed by atoms with E-state index < -0.39 is 17.8 Å². The lowest BCUT2D eigenvalue weighted by atomic mass is 10.1. The van der Waals surface area contributed by atoms with Crippen LogP contribution in [0.4, 0.5) is 10.1 Å². The number of carbonyl (C=O) groups excluding carboxylic acids is 4. The van der Waals surface area contributed by atoms with E-state index in [1.54, 1.807) is 18.2 Å². The number of halogens is 2. The smallest absolute Gasteiger partial charge is 0.251 e. The topological polar surface area (TPSA) is 113 Å². The van der Waals surface area contributed by atoms with Crippen LogP contribution in [0.25, 0.3) is 10.9 Å². The Bertz CT molecular complexity index is 1440. The molecule has 6 bridgehead atoms. The Hall–Kier alpha value is -3.79. The van der Waals surface area contributed by atoms with Gasteiger partial charge < -0.3 is 15.5 Å². The highest BCUT2D eigenvalue weighted by atomic mass is 35.5. The van der Waals surface area contributed by atoms with E-state index in [-0.39, 0.29) is 47.1 Å². The highest BCUT2D eigenvalue weighted by Crippen LogP contribution is 2.28. The van der Waals surface area contributed by atoms with Crippen LogP contribution in [0.2, 0.25) is 5.02 Å². The zero-order chi connectivity index (χ0) is 25.6. The number of carbonyl (C=O) groups is 4. The van der Waals surface area contributed by atoms with Gasteiger partial charge in [0.1, 0.15) is 18.3 Å². The predicted octanol–water partition coefficient (Wildman–Crippen LogP) is 2.95. The van der Waals surface area contributed by atoms with E-state index in [4.69, 9.17) is 11.6 Å². The van der Waals surface area contributed by atoms with Crippen LogP contribution in [-0.2, 0) is 22.6 Å². The molecule has 1 fully saturated rings. The van der Waals surface area contributed by atoms with E-state index in [9.17, 15) is 23.6 Å². The van der Waals surface area contributed by atoms with Gasteiger partial charge in [0.05, 0.1) is 16.2 Å². The second-order valence-electron chi connectivity index (χ2n) is 8.97. The Morgan fingerprint density at radius 3 is 2.78 bits per heavy atom. The molecule has 0 aliphatic carbocycles. The first-order valence-electron chi connectivity index (χ1n) is 11.6. The van der Waals surface area contributed by atoms with Crippen LogP contribution in [0.1, 0.15) is 46.2 Å². The summed E-state index contributed by atoms with van der Waals surface area (Å²) in [7, 11) is 0. The first-order chi connectivity index (χ1) is 17.2. The molecule has 4 heterocycles. The van der Waals surface area contributed by atoms with Gasteiger partial charge in [-0.05, 0) is 55.2 Å². The van der Waals surface area contributed by atoms with Crippen molar-refractivity contribution in [3.63, 3.8) is 0 Å². The zero-order valence-electron chi connectivity index (χ0n) is 19.4. The van der Waals surface area contributed by atoms with Gasteiger partial charge in [-0.2, -0.15) is 5.10 Å². The van der Waals surface area contributed by atoms with Gasteiger partial charge in [-0.15, -0.1) is 0 Å². The van der Waals surface area contributed by atoms with Gasteiger partial charge in [-0.3, -0.25) is 23.9 Å². The Kier molecular flexibility index (Phi) is 6.21. The molecular weight excluding hydrogens is 489 g/mol. The van der Waals surface area contributed by atoms with Crippen LogP contribution >= 0.6 is 11.6 Å². The molecule has 0 unspecified atom stereocenters. The monoisotopic (exact) mass is 511 g/mol. The number of Topliss-reactive ketones (excluding diaryl/α,β-unsaturated/α-hetero) is 1. The Balaban J connectivity index is 1.58. The summed E-state index contributed by atoms with van der Waals surface area (Å²) in [5, 5.41) is 10.0. The highest BCUT2D eigenvalue weighted by molar-refractivity contribution is 6.31. The molecule has 11 heteroatoms. The minimum atomic E-state index is -0.779. The van der Waals surface area contributed by atoms with Crippen molar-refractivity contribution in [1.29, 1.82) is 0 Å². The van der Waals surface area contributed by atoms with Crippen LogP contribution in [0.3, 0.4) is 0 Å². The summed E-state index contributed by atoms with van der Waals surface area (Å²) < 4.78 is 16.1. The van der Waals surface area contributed by atoms with Gasteiger partial charge in [-0.1, -0.05) is 11.6 Å². The molecule has 0 radical (unpaired) electrons. The van der Waals surface area contributed by atoms with Crippen molar-refractivity contribution < 1.29 is 23.6 Å². The van der Waals surface area contributed by atoms with E-state index in [0.717, 1.165) is 0 Å². The molecule has 2 aromatic carbocycles. The summed E-state index contributed by atoms with van der Waals surface area (Å²) in [5.41, 5.74) is 1.55. The zero-order valence-corrected chi connectivity index (χ0v) is 20.2. The summed E-state index contributed by atoms with van der Waals surface area (Å²) in [6.07, 6.45) is 1.38. The molecule has 0 spiro atoms. The summed E-state index contributed by atoms with van der Waals surface area (Å²) >= 11 is 6.06. The average Bonchev–Trinajstić information content (AvgIpc) is 3.47. The quantitative estimate of drug-likeness (QED) is 0.488. The van der Waals surface area contributed by atoms with Gasteiger partial charge in [0.15, 0.2) is 11.6 Å². The van der Waals surface area contributed by atoms with Crippen LogP contribution in [0.15, 0.2) is 30.3 Å². The average molecular weight is 512 g/mol. The maximum atomic E-state index is 14.7. The van der Waals surface area contributed by atoms with Crippen LogP contribution < -0.4 is 10.6 Å². The number of amides is 3. The van der Waals surface area contributed by atoms with Crippen molar-refractivity contribution in [3.05, 3.63) is 58.0 Å². The minimum Gasteiger partial charge on any atom is -0.352 e. The van der Waals surface area contributed by atoms with E-state index in [1.165, 1.54) is 28.6 Å². The van der Waals surface area contributed by atoms with Crippen molar-refractivity contribution in [3.8, 4) is 0 Å². The predicted molar refractivity (Wildman–Crippen MR) is 131 cm³/mol. The molecule has 2 N–H and O–H groups in total. The molecule has 1 saturated heterocycles. The molecule has 3 aliphatic heterocycles. The number of aromatic nitrogens is 2. The number of anilines is 1. The lowest BCUT2D eigenvalue weighted by Crippen LogP contribution is -2.44. The summed E-state index contributed by atoms with van der Waals surface area (Å²) in [4.78, 5) is 52.8. The summed E-state index contributed by atoms with van der Waals surface area (Å²) in [6.45, 7) is 1.77. The van der Waals surface area contributed by atoms with Gasteiger partial charge in [0, 0.05) is 31.0 Å². The molecule has 1 atom stereocenters. The van der Waals surface area contributed by atoms with Gasteiger partial charge in [0.25, 0.3) is 5.91 Å². The standard InChI is InChI=1S/C25H23ClFN5O4/c1-13(33)23-16-11-15-4-5-19(16)32(30-23)12-21(34)31-8-2-3-20(31)25(36)29-18-10-14(6-7-28-24(15)35)9-17(26)22(18)27/h4-5,9-11,20H,2-3,6-8,12H2,1H3,(H,28,35)(H,29,36)/t20-/m0/s1. The van der Waals surface area contributed by atoms with Gasteiger partial charge in [0.2, 0.25) is 11.8 Å². The highest BCUT2D eigenvalue weighted by Gasteiger charge is 2.35. The van der Waals surface area contributed by atoms with Crippen molar-refractivity contribution in [2.24, 2.45) is 0 Å². The molecule has 0 saturated carbocycles. The van der Waals surface area contributed by atoms with Crippen LogP contribution in [0.5, 0.6) is 0 Å². The molecule has 36 heavy (non-hydrogen) atoms. The number of nitrogens with zero attached hydrogens (tertiary/aromatic N) is 3. The van der Waals surface area contributed by atoms with Crippen molar-refractivity contribution in [2.75, 3.05) is 18.4 Å². The van der Waals surface area contributed by atoms with Crippen molar-refractivity contribution in [1.82, 2.24) is 20.0 Å². The SMILES string of the molecule is CC(=O)c1nn2c3ccc(cc13)C(=O)NCCc1cc(Cl)c(F)c(c1)NC(=O)[C@@H]1CCCN1C(=O)C2. The molecule has 3 amide bonds. The number of rotatable bonds is 1. The van der Waals surface area contributed by atoms with Crippen molar-refractivity contribution in [2.45, 2.75) is 38.8 Å². The number of hydrogen-bond acceptors (Lipinski definition) is 5. The number of fused-ring (bicyclic) bond motifs is 6. The van der Waals surface area contributed by atoms with Gasteiger partial charge in [-0.25, -0.2) is 4.39 Å².